The van der Waals surface area contributed by atoms with Crippen molar-refractivity contribution in [2.24, 2.45) is 16.8 Å². The molecule has 7 nitrogen and oxygen atoms in total. The largest absolute Gasteiger partial charge is 0.489 e. The third-order valence-electron chi connectivity index (χ3n) is 7.59. The van der Waals surface area contributed by atoms with Gasteiger partial charge in [-0.05, 0) is 54.3 Å². The molecule has 5 aliphatic rings. The number of carbonyl (C=O) groups excluding carboxylic acids is 1. The predicted molar refractivity (Wildman–Crippen MR) is 129 cm³/mol. The van der Waals surface area contributed by atoms with Crippen molar-refractivity contribution in [3.8, 4) is 5.75 Å². The first-order chi connectivity index (χ1) is 16.7. The number of aliphatic imine (C=N–C) groups is 1. The summed E-state index contributed by atoms with van der Waals surface area (Å²) in [5.41, 5.74) is 10.5. The Morgan fingerprint density at radius 1 is 1.15 bits per heavy atom. The van der Waals surface area contributed by atoms with Crippen molar-refractivity contribution in [2.75, 3.05) is 39.8 Å². The van der Waals surface area contributed by atoms with E-state index in [9.17, 15) is 4.79 Å². The van der Waals surface area contributed by atoms with Crippen LogP contribution in [-0.2, 0) is 9.53 Å². The number of rotatable bonds is 5. The molecule has 0 bridgehead atoms. The second kappa shape index (κ2) is 8.94. The van der Waals surface area contributed by atoms with Gasteiger partial charge in [-0.1, -0.05) is 5.73 Å². The summed E-state index contributed by atoms with van der Waals surface area (Å²) in [6, 6.07) is 8.37. The van der Waals surface area contributed by atoms with E-state index < -0.39 is 0 Å². The van der Waals surface area contributed by atoms with Gasteiger partial charge in [0.2, 0.25) is 5.91 Å². The van der Waals surface area contributed by atoms with Crippen molar-refractivity contribution < 1.29 is 14.3 Å². The molecular formula is C27H30N4O3. The predicted octanol–water partition coefficient (Wildman–Crippen LogP) is 2.16. The molecular weight excluding hydrogens is 428 g/mol. The van der Waals surface area contributed by atoms with Gasteiger partial charge in [-0.2, -0.15) is 0 Å². The fourth-order valence-electron chi connectivity index (χ4n) is 5.58. The summed E-state index contributed by atoms with van der Waals surface area (Å²) < 4.78 is 11.4. The van der Waals surface area contributed by atoms with Gasteiger partial charge in [-0.3, -0.25) is 14.7 Å². The van der Waals surface area contributed by atoms with Crippen LogP contribution in [0.2, 0.25) is 0 Å². The average molecular weight is 459 g/mol. The van der Waals surface area contributed by atoms with Crippen LogP contribution in [0, 0.1) is 11.8 Å². The number of nitrogens with zero attached hydrogens (tertiary/aromatic N) is 2. The molecule has 4 aliphatic heterocycles. The number of methoxy groups -OCH3 is 1. The second-order valence-corrected chi connectivity index (χ2v) is 9.72. The average Bonchev–Trinajstić information content (AvgIpc) is 3.19. The van der Waals surface area contributed by atoms with Gasteiger partial charge in [-0.25, -0.2) is 0 Å². The topological polar surface area (TPSA) is 75.2 Å². The van der Waals surface area contributed by atoms with Crippen molar-refractivity contribution in [1.29, 1.82) is 0 Å². The summed E-state index contributed by atoms with van der Waals surface area (Å²) >= 11 is 0. The van der Waals surface area contributed by atoms with E-state index in [4.69, 9.17) is 14.5 Å². The van der Waals surface area contributed by atoms with Crippen LogP contribution in [0.4, 0.5) is 0 Å². The molecule has 1 aromatic rings. The van der Waals surface area contributed by atoms with Crippen LogP contribution in [0.1, 0.15) is 24.8 Å². The van der Waals surface area contributed by atoms with Crippen molar-refractivity contribution in [2.45, 2.75) is 31.4 Å². The molecule has 3 saturated heterocycles. The molecule has 0 spiro atoms. The Morgan fingerprint density at radius 3 is 2.76 bits per heavy atom. The highest BCUT2D eigenvalue weighted by Crippen LogP contribution is 2.38. The molecule has 176 valence electrons. The maximum absolute atomic E-state index is 12.7. The number of likely N-dealkylation sites (tertiary alicyclic amines) is 1. The van der Waals surface area contributed by atoms with E-state index in [-0.39, 0.29) is 24.0 Å². The van der Waals surface area contributed by atoms with Gasteiger partial charge in [0.1, 0.15) is 11.9 Å². The summed E-state index contributed by atoms with van der Waals surface area (Å²) in [5.74, 6) is 2.20. The second-order valence-electron chi connectivity index (χ2n) is 9.72. The molecule has 6 rings (SSSR count). The minimum atomic E-state index is 0.0629. The third-order valence-corrected chi connectivity index (χ3v) is 7.59. The lowest BCUT2D eigenvalue weighted by molar-refractivity contribution is -0.125. The van der Waals surface area contributed by atoms with Crippen molar-refractivity contribution >= 4 is 11.6 Å². The number of carbonyl (C=O) groups is 1. The van der Waals surface area contributed by atoms with Crippen LogP contribution < -0.4 is 15.4 Å². The standard InChI is InChI=1S/C27H30N4O3/c1-33-20-8-9-22-25(11-20)30-24(17-4-6-19(7-5-17)34-21-13-28-14-21)12-26(22)31-15-18-3-2-10-29-27(32)23(18)16-31/h4-7,11,18,21,23,26,28H,2-3,10,12-16H2,1H3,(H,29,32)/t18?,23-,26?/m1/s1. The van der Waals surface area contributed by atoms with Crippen LogP contribution in [-0.4, -0.2) is 68.5 Å². The van der Waals surface area contributed by atoms with Crippen LogP contribution >= 0.6 is 0 Å². The first kappa shape index (κ1) is 21.5. The van der Waals surface area contributed by atoms with E-state index >= 15 is 0 Å². The highest BCUT2D eigenvalue weighted by Gasteiger charge is 2.43. The SMILES string of the molecule is COC1=C=C=C2C(=C1)N=C(c1ccc(OC3CNC3)cc1)CC2N1CC2CCCNC(=O)[C@@H]2C1. The van der Waals surface area contributed by atoms with Gasteiger partial charge >= 0.3 is 0 Å². The number of fused-ring (bicyclic) bond motifs is 2. The number of nitrogens with one attached hydrogen (secondary N) is 2. The maximum atomic E-state index is 12.7. The minimum Gasteiger partial charge on any atom is -0.489 e. The summed E-state index contributed by atoms with van der Waals surface area (Å²) in [4.78, 5) is 20.1. The van der Waals surface area contributed by atoms with Crippen molar-refractivity contribution in [3.05, 3.63) is 64.4 Å². The highest BCUT2D eigenvalue weighted by molar-refractivity contribution is 6.03. The summed E-state index contributed by atoms with van der Waals surface area (Å²) in [6.45, 7) is 4.30. The molecule has 7 heteroatoms. The Hall–Kier alpha value is -3.08. The quantitative estimate of drug-likeness (QED) is 0.662. The Balaban J connectivity index is 1.29. The lowest BCUT2D eigenvalue weighted by atomic mass is 9.90. The first-order valence-corrected chi connectivity index (χ1v) is 12.3. The summed E-state index contributed by atoms with van der Waals surface area (Å²) in [7, 11) is 1.64. The fraction of sp³-hybridized carbons (Fsp3) is 0.481. The highest BCUT2D eigenvalue weighted by atomic mass is 16.5. The van der Waals surface area contributed by atoms with Gasteiger partial charge in [0.15, 0.2) is 5.76 Å². The van der Waals surface area contributed by atoms with E-state index in [0.717, 1.165) is 80.3 Å². The number of amides is 1. The molecule has 34 heavy (non-hydrogen) atoms. The van der Waals surface area contributed by atoms with Gasteiger partial charge in [-0.15, -0.1) is 0 Å². The number of ether oxygens (including phenoxy) is 2. The third kappa shape index (κ3) is 4.02. The number of hydrogen-bond acceptors (Lipinski definition) is 6. The zero-order valence-electron chi connectivity index (χ0n) is 19.5. The van der Waals surface area contributed by atoms with Crippen LogP contribution in [0.3, 0.4) is 0 Å². The molecule has 3 fully saturated rings. The Labute approximate surface area is 199 Å². The van der Waals surface area contributed by atoms with Crippen LogP contribution in [0.15, 0.2) is 63.8 Å². The molecule has 1 amide bonds. The molecule has 3 atom stereocenters. The number of benzene rings is 1. The molecule has 2 N–H and O–H groups in total. The molecule has 0 saturated carbocycles. The molecule has 0 radical (unpaired) electrons. The van der Waals surface area contributed by atoms with E-state index in [1.54, 1.807) is 7.11 Å². The molecule has 1 aromatic carbocycles. The molecule has 2 unspecified atom stereocenters. The van der Waals surface area contributed by atoms with Gasteiger partial charge in [0.05, 0.1) is 30.5 Å². The lowest BCUT2D eigenvalue weighted by Gasteiger charge is -2.34. The normalized spacial score (nSPS) is 28.9. The molecule has 0 aromatic heterocycles. The molecule has 1 aliphatic carbocycles. The van der Waals surface area contributed by atoms with E-state index in [1.165, 1.54) is 0 Å². The Morgan fingerprint density at radius 2 is 2.00 bits per heavy atom. The fourth-order valence-corrected chi connectivity index (χ4v) is 5.58. The van der Waals surface area contributed by atoms with E-state index in [2.05, 4.69) is 39.1 Å². The first-order valence-electron chi connectivity index (χ1n) is 12.3. The van der Waals surface area contributed by atoms with E-state index in [1.807, 2.05) is 18.2 Å². The van der Waals surface area contributed by atoms with Crippen molar-refractivity contribution in [1.82, 2.24) is 15.5 Å². The zero-order chi connectivity index (χ0) is 23.1. The zero-order valence-corrected chi connectivity index (χ0v) is 19.5. The van der Waals surface area contributed by atoms with Crippen molar-refractivity contribution in [3.63, 3.8) is 0 Å². The molecule has 4 heterocycles. The minimum absolute atomic E-state index is 0.0629. The summed E-state index contributed by atoms with van der Waals surface area (Å²) in [5, 5.41) is 6.33. The smallest absolute Gasteiger partial charge is 0.224 e. The number of hydrogen-bond donors (Lipinski definition) is 2. The van der Waals surface area contributed by atoms with E-state index in [0.29, 0.717) is 11.7 Å². The lowest BCUT2D eigenvalue weighted by Crippen LogP contribution is -2.50. The maximum Gasteiger partial charge on any atom is 0.224 e. The van der Waals surface area contributed by atoms with Gasteiger partial charge < -0.3 is 20.1 Å². The summed E-state index contributed by atoms with van der Waals surface area (Å²) in [6.07, 6.45) is 5.12. The number of allylic oxidation sites excluding steroid dienone is 1. The Kier molecular flexibility index (Phi) is 5.64. The Bertz CT molecular complexity index is 1150. The van der Waals surface area contributed by atoms with Gasteiger partial charge in [0, 0.05) is 50.8 Å². The van der Waals surface area contributed by atoms with Crippen LogP contribution in [0.25, 0.3) is 0 Å². The van der Waals surface area contributed by atoms with Crippen LogP contribution in [0.5, 0.6) is 5.75 Å². The monoisotopic (exact) mass is 458 g/mol. The van der Waals surface area contributed by atoms with Gasteiger partial charge in [0.25, 0.3) is 0 Å².